The summed E-state index contributed by atoms with van der Waals surface area (Å²) in [5.74, 6) is 0. The molecule has 1 aromatic heterocycles. The Labute approximate surface area is 106 Å². The maximum Gasteiger partial charge on any atom is 0.115 e. The highest BCUT2D eigenvalue weighted by Crippen LogP contribution is 2.32. The lowest BCUT2D eigenvalue weighted by atomic mass is 10.1. The minimum absolute atomic E-state index is 0.359. The van der Waals surface area contributed by atoms with E-state index < -0.39 is 0 Å². The number of hydrogen-bond acceptors (Lipinski definition) is 4. The smallest absolute Gasteiger partial charge is 0.115 e. The van der Waals surface area contributed by atoms with E-state index in [0.29, 0.717) is 5.25 Å². The van der Waals surface area contributed by atoms with Crippen molar-refractivity contribution in [1.82, 2.24) is 15.3 Å². The lowest BCUT2D eigenvalue weighted by Crippen LogP contribution is -2.15. The normalized spacial score (nSPS) is 12.3. The molecular weight excluding hydrogens is 230 g/mol. The fourth-order valence-electron chi connectivity index (χ4n) is 1.57. The Morgan fingerprint density at radius 3 is 2.71 bits per heavy atom. The van der Waals surface area contributed by atoms with Gasteiger partial charge < -0.3 is 5.32 Å². The third-order valence-electron chi connectivity index (χ3n) is 2.36. The molecule has 17 heavy (non-hydrogen) atoms. The van der Waals surface area contributed by atoms with Gasteiger partial charge in [-0.25, -0.2) is 4.98 Å². The minimum Gasteiger partial charge on any atom is -0.318 e. The molecule has 1 N–H and O–H groups in total. The Balaban J connectivity index is 2.13. The number of nitrogens with one attached hydrogen (secondary N) is 1. The molecule has 1 aromatic carbocycles. The van der Waals surface area contributed by atoms with Crippen LogP contribution in [0, 0.1) is 0 Å². The number of likely N-dealkylation sites (N-methyl/N-ethyl adjacent to an activating group) is 1. The number of thioether (sulfide) groups is 1. The quantitative estimate of drug-likeness (QED) is 0.821. The summed E-state index contributed by atoms with van der Waals surface area (Å²) in [6.07, 6.45) is 5.22. The Morgan fingerprint density at radius 1 is 1.24 bits per heavy atom. The zero-order chi connectivity index (χ0) is 11.9. The van der Waals surface area contributed by atoms with Crippen LogP contribution in [0.1, 0.15) is 10.8 Å². The molecule has 1 heterocycles. The third-order valence-corrected chi connectivity index (χ3v) is 3.54. The standard InChI is InChI=1S/C13H15N3S/c1-14-9-12(11-5-3-2-4-6-11)17-13-10-15-7-8-16-13/h2-8,10,12,14H,9H2,1H3. The molecule has 0 fully saturated rings. The van der Waals surface area contributed by atoms with E-state index in [0.717, 1.165) is 11.6 Å². The van der Waals surface area contributed by atoms with Gasteiger partial charge >= 0.3 is 0 Å². The second kappa shape index (κ2) is 6.37. The number of aromatic nitrogens is 2. The van der Waals surface area contributed by atoms with Crippen molar-refractivity contribution in [2.75, 3.05) is 13.6 Å². The molecular formula is C13H15N3S. The van der Waals surface area contributed by atoms with E-state index in [1.165, 1.54) is 5.56 Å². The first-order valence-corrected chi connectivity index (χ1v) is 6.40. The van der Waals surface area contributed by atoms with E-state index in [4.69, 9.17) is 0 Å². The average molecular weight is 245 g/mol. The van der Waals surface area contributed by atoms with Gasteiger partial charge in [0, 0.05) is 24.2 Å². The van der Waals surface area contributed by atoms with Crippen LogP contribution in [0.5, 0.6) is 0 Å². The maximum absolute atomic E-state index is 4.30. The SMILES string of the molecule is CNCC(Sc1cnccn1)c1ccccc1. The zero-order valence-electron chi connectivity index (χ0n) is 9.71. The molecule has 3 nitrogen and oxygen atoms in total. The first-order chi connectivity index (χ1) is 8.40. The molecule has 4 heteroatoms. The van der Waals surface area contributed by atoms with Gasteiger partial charge in [0.05, 0.1) is 6.20 Å². The van der Waals surface area contributed by atoms with Crippen LogP contribution in [-0.2, 0) is 0 Å². The van der Waals surface area contributed by atoms with Gasteiger partial charge in [-0.15, -0.1) is 0 Å². The molecule has 2 aromatic rings. The first kappa shape index (κ1) is 12.1. The van der Waals surface area contributed by atoms with E-state index in [1.807, 2.05) is 13.1 Å². The van der Waals surface area contributed by atoms with Crippen molar-refractivity contribution in [2.24, 2.45) is 0 Å². The van der Waals surface area contributed by atoms with Gasteiger partial charge in [-0.3, -0.25) is 4.98 Å². The predicted molar refractivity (Wildman–Crippen MR) is 71.0 cm³/mol. The lowest BCUT2D eigenvalue weighted by molar-refractivity contribution is 0.776. The number of hydrogen-bond donors (Lipinski definition) is 1. The Hall–Kier alpha value is -1.39. The van der Waals surface area contributed by atoms with Crippen LogP contribution in [0.25, 0.3) is 0 Å². The van der Waals surface area contributed by atoms with E-state index in [-0.39, 0.29) is 0 Å². The fourth-order valence-corrected chi connectivity index (χ4v) is 2.65. The van der Waals surface area contributed by atoms with E-state index in [1.54, 1.807) is 30.4 Å². The molecule has 0 saturated carbocycles. The summed E-state index contributed by atoms with van der Waals surface area (Å²) < 4.78 is 0. The summed E-state index contributed by atoms with van der Waals surface area (Å²) in [4.78, 5) is 8.39. The predicted octanol–water partition coefficient (Wildman–Crippen LogP) is 2.53. The van der Waals surface area contributed by atoms with Gasteiger partial charge in [-0.1, -0.05) is 42.1 Å². The summed E-state index contributed by atoms with van der Waals surface area (Å²) in [5.41, 5.74) is 1.30. The van der Waals surface area contributed by atoms with Gasteiger partial charge in [-0.2, -0.15) is 0 Å². The summed E-state index contributed by atoms with van der Waals surface area (Å²) in [6, 6.07) is 10.5. The summed E-state index contributed by atoms with van der Waals surface area (Å²) in [5, 5.41) is 4.53. The zero-order valence-corrected chi connectivity index (χ0v) is 10.5. The van der Waals surface area contributed by atoms with E-state index in [9.17, 15) is 0 Å². The molecule has 0 aliphatic carbocycles. The van der Waals surface area contributed by atoms with Crippen molar-refractivity contribution in [1.29, 1.82) is 0 Å². The van der Waals surface area contributed by atoms with Crippen LogP contribution in [0.3, 0.4) is 0 Å². The molecule has 0 bridgehead atoms. The molecule has 1 unspecified atom stereocenters. The molecule has 0 spiro atoms. The Bertz CT molecular complexity index is 433. The topological polar surface area (TPSA) is 37.8 Å². The molecule has 0 aliphatic rings. The molecule has 2 rings (SSSR count). The van der Waals surface area contributed by atoms with Crippen LogP contribution in [0.2, 0.25) is 0 Å². The van der Waals surface area contributed by atoms with Gasteiger partial charge in [-0.05, 0) is 12.6 Å². The van der Waals surface area contributed by atoms with E-state index >= 15 is 0 Å². The lowest BCUT2D eigenvalue weighted by Gasteiger charge is -2.15. The Kier molecular flexibility index (Phi) is 4.53. The number of rotatable bonds is 5. The van der Waals surface area contributed by atoms with Crippen LogP contribution in [0.15, 0.2) is 53.9 Å². The van der Waals surface area contributed by atoms with Crippen molar-refractivity contribution < 1.29 is 0 Å². The molecule has 0 aliphatic heterocycles. The minimum atomic E-state index is 0.359. The van der Waals surface area contributed by atoms with Crippen LogP contribution in [0.4, 0.5) is 0 Å². The molecule has 0 radical (unpaired) electrons. The fraction of sp³-hybridized carbons (Fsp3) is 0.231. The summed E-state index contributed by atoms with van der Waals surface area (Å²) >= 11 is 1.73. The summed E-state index contributed by atoms with van der Waals surface area (Å²) in [7, 11) is 1.97. The van der Waals surface area contributed by atoms with Gasteiger partial charge in [0.15, 0.2) is 0 Å². The van der Waals surface area contributed by atoms with Gasteiger partial charge in [0.25, 0.3) is 0 Å². The summed E-state index contributed by atoms with van der Waals surface area (Å²) in [6.45, 7) is 0.908. The van der Waals surface area contributed by atoms with E-state index in [2.05, 4.69) is 39.6 Å². The average Bonchev–Trinajstić information content (AvgIpc) is 2.40. The maximum atomic E-state index is 4.30. The molecule has 88 valence electrons. The van der Waals surface area contributed by atoms with Crippen molar-refractivity contribution in [2.45, 2.75) is 10.3 Å². The monoisotopic (exact) mass is 245 g/mol. The van der Waals surface area contributed by atoms with Crippen molar-refractivity contribution in [3.63, 3.8) is 0 Å². The number of nitrogens with zero attached hydrogens (tertiary/aromatic N) is 2. The second-order valence-corrected chi connectivity index (χ2v) is 4.84. The van der Waals surface area contributed by atoms with Crippen molar-refractivity contribution in [3.8, 4) is 0 Å². The van der Waals surface area contributed by atoms with Crippen LogP contribution in [-0.4, -0.2) is 23.6 Å². The highest BCUT2D eigenvalue weighted by atomic mass is 32.2. The molecule has 0 amide bonds. The highest BCUT2D eigenvalue weighted by Gasteiger charge is 2.12. The second-order valence-electron chi connectivity index (χ2n) is 3.62. The molecule has 1 atom stereocenters. The van der Waals surface area contributed by atoms with Crippen molar-refractivity contribution >= 4 is 11.8 Å². The Morgan fingerprint density at radius 2 is 2.06 bits per heavy atom. The highest BCUT2D eigenvalue weighted by molar-refractivity contribution is 7.99. The van der Waals surface area contributed by atoms with Crippen molar-refractivity contribution in [3.05, 3.63) is 54.5 Å². The van der Waals surface area contributed by atoms with Gasteiger partial charge in [0.1, 0.15) is 5.03 Å². The number of benzene rings is 1. The van der Waals surface area contributed by atoms with Gasteiger partial charge in [0.2, 0.25) is 0 Å². The van der Waals surface area contributed by atoms with Crippen LogP contribution < -0.4 is 5.32 Å². The largest absolute Gasteiger partial charge is 0.318 e. The van der Waals surface area contributed by atoms with Crippen LogP contribution >= 0.6 is 11.8 Å². The molecule has 0 saturated heterocycles. The third kappa shape index (κ3) is 3.54. The first-order valence-electron chi connectivity index (χ1n) is 5.52.